The highest BCUT2D eigenvalue weighted by Crippen LogP contribution is 2.23. The lowest BCUT2D eigenvalue weighted by molar-refractivity contribution is -0.139. The molecule has 4 nitrogen and oxygen atoms in total. The third-order valence-electron chi connectivity index (χ3n) is 2.32. The average molecular weight is 240 g/mol. The minimum Gasteiger partial charge on any atom is -0.481 e. The Morgan fingerprint density at radius 1 is 1.56 bits per heavy atom. The normalized spacial score (nSPS) is 19.1. The van der Waals surface area contributed by atoms with Crippen LogP contribution in [0.15, 0.2) is 29.4 Å². The molecular formula is C11H10ClNO3. The molecule has 5 heteroatoms. The van der Waals surface area contributed by atoms with E-state index >= 15 is 0 Å². The molecule has 1 aromatic carbocycles. The summed E-state index contributed by atoms with van der Waals surface area (Å²) in [6.07, 6.45) is 0.0526. The van der Waals surface area contributed by atoms with Crippen molar-refractivity contribution < 1.29 is 14.7 Å². The number of hydrogen-bond acceptors (Lipinski definition) is 3. The summed E-state index contributed by atoms with van der Waals surface area (Å²) in [7, 11) is 0. The van der Waals surface area contributed by atoms with Crippen LogP contribution < -0.4 is 0 Å². The van der Waals surface area contributed by atoms with Crippen LogP contribution in [0.2, 0.25) is 5.02 Å². The summed E-state index contributed by atoms with van der Waals surface area (Å²) in [5.41, 5.74) is 1.51. The molecule has 1 aliphatic heterocycles. The van der Waals surface area contributed by atoms with E-state index in [9.17, 15) is 4.79 Å². The van der Waals surface area contributed by atoms with Crippen molar-refractivity contribution in [2.45, 2.75) is 18.9 Å². The van der Waals surface area contributed by atoms with E-state index in [-0.39, 0.29) is 12.5 Å². The number of carboxylic acids is 1. The van der Waals surface area contributed by atoms with Gasteiger partial charge in [0, 0.05) is 17.0 Å². The molecule has 1 aromatic rings. The molecule has 16 heavy (non-hydrogen) atoms. The summed E-state index contributed by atoms with van der Waals surface area (Å²) in [5, 5.41) is 13.1. The van der Waals surface area contributed by atoms with Gasteiger partial charge in [0.15, 0.2) is 0 Å². The fraction of sp³-hybridized carbons (Fsp3) is 0.273. The van der Waals surface area contributed by atoms with E-state index in [1.807, 2.05) is 18.2 Å². The molecule has 2 rings (SSSR count). The molecule has 1 unspecified atom stereocenters. The highest BCUT2D eigenvalue weighted by atomic mass is 35.5. The first-order valence-electron chi connectivity index (χ1n) is 4.86. The Morgan fingerprint density at radius 3 is 3.00 bits per heavy atom. The minimum atomic E-state index is -0.888. The summed E-state index contributed by atoms with van der Waals surface area (Å²) >= 11 is 6.01. The van der Waals surface area contributed by atoms with Gasteiger partial charge in [0.2, 0.25) is 0 Å². The maximum Gasteiger partial charge on any atom is 0.307 e. The Balaban J connectivity index is 2.09. The Bertz CT molecular complexity index is 445. The van der Waals surface area contributed by atoms with Gasteiger partial charge in [0.25, 0.3) is 0 Å². The van der Waals surface area contributed by atoms with Crippen molar-refractivity contribution in [2.75, 3.05) is 0 Å². The van der Waals surface area contributed by atoms with Crippen LogP contribution in [0.25, 0.3) is 0 Å². The van der Waals surface area contributed by atoms with Crippen LogP contribution in [0.1, 0.15) is 18.4 Å². The second kappa shape index (κ2) is 4.53. The Kier molecular flexibility index (Phi) is 3.10. The molecule has 0 amide bonds. The quantitative estimate of drug-likeness (QED) is 0.881. The van der Waals surface area contributed by atoms with Gasteiger partial charge in [0.05, 0.1) is 12.1 Å². The van der Waals surface area contributed by atoms with E-state index in [1.54, 1.807) is 6.07 Å². The van der Waals surface area contributed by atoms with Crippen LogP contribution in [-0.2, 0) is 9.63 Å². The first kappa shape index (κ1) is 11.0. The molecule has 0 spiro atoms. The molecule has 0 radical (unpaired) electrons. The first-order chi connectivity index (χ1) is 7.66. The van der Waals surface area contributed by atoms with E-state index in [1.165, 1.54) is 0 Å². The van der Waals surface area contributed by atoms with Gasteiger partial charge in [-0.25, -0.2) is 0 Å². The molecule has 1 atom stereocenters. The molecule has 1 heterocycles. The number of hydrogen-bond donors (Lipinski definition) is 1. The van der Waals surface area contributed by atoms with Gasteiger partial charge in [0.1, 0.15) is 6.10 Å². The van der Waals surface area contributed by atoms with Crippen molar-refractivity contribution in [3.05, 3.63) is 34.9 Å². The van der Waals surface area contributed by atoms with Gasteiger partial charge < -0.3 is 9.94 Å². The third kappa shape index (κ3) is 2.33. The van der Waals surface area contributed by atoms with Gasteiger partial charge in [-0.3, -0.25) is 4.79 Å². The first-order valence-corrected chi connectivity index (χ1v) is 5.24. The highest BCUT2D eigenvalue weighted by Gasteiger charge is 2.25. The van der Waals surface area contributed by atoms with E-state index in [2.05, 4.69) is 5.16 Å². The zero-order valence-corrected chi connectivity index (χ0v) is 9.15. The topological polar surface area (TPSA) is 58.9 Å². The molecule has 0 aromatic heterocycles. The summed E-state index contributed by atoms with van der Waals surface area (Å²) in [6.45, 7) is 0. The predicted octanol–water partition coefficient (Wildman–Crippen LogP) is 2.31. The van der Waals surface area contributed by atoms with Crippen LogP contribution in [-0.4, -0.2) is 22.9 Å². The molecular weight excluding hydrogens is 230 g/mol. The second-order valence-corrected chi connectivity index (χ2v) is 3.95. The van der Waals surface area contributed by atoms with Crippen molar-refractivity contribution in [3.8, 4) is 0 Å². The second-order valence-electron chi connectivity index (χ2n) is 3.55. The summed E-state index contributed by atoms with van der Waals surface area (Å²) in [6, 6.07) is 7.29. The van der Waals surface area contributed by atoms with Gasteiger partial charge >= 0.3 is 5.97 Å². The number of oxime groups is 1. The maximum absolute atomic E-state index is 10.5. The number of benzene rings is 1. The van der Waals surface area contributed by atoms with E-state index in [0.29, 0.717) is 17.2 Å². The summed E-state index contributed by atoms with van der Waals surface area (Å²) in [4.78, 5) is 15.5. The molecule has 0 saturated carbocycles. The Morgan fingerprint density at radius 2 is 2.31 bits per heavy atom. The molecule has 0 bridgehead atoms. The fourth-order valence-electron chi connectivity index (χ4n) is 1.59. The standard InChI is InChI=1S/C11H10ClNO3/c12-9-4-2-1-3-8(9)10-5-7(16-13-10)6-11(14)15/h1-4,7H,5-6H2,(H,14,15). The third-order valence-corrected chi connectivity index (χ3v) is 2.65. The van der Waals surface area contributed by atoms with Crippen molar-refractivity contribution in [2.24, 2.45) is 5.16 Å². The number of carbonyl (C=O) groups is 1. The maximum atomic E-state index is 10.5. The Hall–Kier alpha value is -1.55. The number of carboxylic acid groups (broad SMARTS) is 1. The smallest absolute Gasteiger partial charge is 0.307 e. The minimum absolute atomic E-state index is 0.0442. The van der Waals surface area contributed by atoms with E-state index in [0.717, 1.165) is 5.56 Å². The van der Waals surface area contributed by atoms with Crippen LogP contribution >= 0.6 is 11.6 Å². The van der Waals surface area contributed by atoms with Gasteiger partial charge in [-0.05, 0) is 6.07 Å². The predicted molar refractivity (Wildman–Crippen MR) is 59.7 cm³/mol. The lowest BCUT2D eigenvalue weighted by Crippen LogP contribution is -2.13. The molecule has 1 N–H and O–H groups in total. The number of rotatable bonds is 3. The van der Waals surface area contributed by atoms with Gasteiger partial charge in [-0.15, -0.1) is 0 Å². The zero-order chi connectivity index (χ0) is 11.5. The highest BCUT2D eigenvalue weighted by molar-refractivity contribution is 6.34. The monoisotopic (exact) mass is 239 g/mol. The molecule has 0 saturated heterocycles. The van der Waals surface area contributed by atoms with Crippen LogP contribution in [0, 0.1) is 0 Å². The number of halogens is 1. The number of aliphatic carboxylic acids is 1. The van der Waals surface area contributed by atoms with Crippen LogP contribution in [0.5, 0.6) is 0 Å². The van der Waals surface area contributed by atoms with E-state index in [4.69, 9.17) is 21.5 Å². The van der Waals surface area contributed by atoms with Crippen molar-refractivity contribution in [1.29, 1.82) is 0 Å². The summed E-state index contributed by atoms with van der Waals surface area (Å²) < 4.78 is 0. The molecule has 0 fully saturated rings. The zero-order valence-electron chi connectivity index (χ0n) is 8.39. The van der Waals surface area contributed by atoms with Crippen molar-refractivity contribution >= 4 is 23.3 Å². The fourth-order valence-corrected chi connectivity index (χ4v) is 1.83. The Labute approximate surface area is 97.5 Å². The SMILES string of the molecule is O=C(O)CC1CC(c2ccccc2Cl)=NO1. The lowest BCUT2D eigenvalue weighted by atomic mass is 10.0. The van der Waals surface area contributed by atoms with E-state index < -0.39 is 5.97 Å². The number of nitrogens with zero attached hydrogens (tertiary/aromatic N) is 1. The van der Waals surface area contributed by atoms with Crippen molar-refractivity contribution in [3.63, 3.8) is 0 Å². The molecule has 1 aliphatic rings. The van der Waals surface area contributed by atoms with Gasteiger partial charge in [-0.1, -0.05) is 35.0 Å². The van der Waals surface area contributed by atoms with Crippen LogP contribution in [0.3, 0.4) is 0 Å². The average Bonchev–Trinajstić information content (AvgIpc) is 2.66. The van der Waals surface area contributed by atoms with Crippen molar-refractivity contribution in [1.82, 2.24) is 0 Å². The molecule has 0 aliphatic carbocycles. The van der Waals surface area contributed by atoms with Crippen LogP contribution in [0.4, 0.5) is 0 Å². The van der Waals surface area contributed by atoms with Gasteiger partial charge in [-0.2, -0.15) is 0 Å². The summed E-state index contributed by atoms with van der Waals surface area (Å²) in [5.74, 6) is -0.888. The largest absolute Gasteiger partial charge is 0.481 e. The molecule has 84 valence electrons. The lowest BCUT2D eigenvalue weighted by Gasteiger charge is -2.03.